The van der Waals surface area contributed by atoms with Crippen molar-refractivity contribution in [2.75, 3.05) is 0 Å². The Morgan fingerprint density at radius 1 is 1.60 bits per heavy atom. The van der Waals surface area contributed by atoms with Crippen LogP contribution in [-0.2, 0) is 16.0 Å². The summed E-state index contributed by atoms with van der Waals surface area (Å²) < 4.78 is 5.47. The van der Waals surface area contributed by atoms with Gasteiger partial charge in [-0.15, -0.1) is 12.3 Å². The summed E-state index contributed by atoms with van der Waals surface area (Å²) in [5, 5.41) is 11.9. The number of amides is 1. The molecule has 6 heteroatoms. The standard InChI is InChI=1S/C14H12ClNO4/c1-2-3-10(14(18)19)16-13(17)12-7-8-6-9(15)4-5-11(8)20-12/h1,4-6,10,12H,3,7H2,(H,16,17)(H,18,19). The highest BCUT2D eigenvalue weighted by molar-refractivity contribution is 6.30. The van der Waals surface area contributed by atoms with Gasteiger partial charge < -0.3 is 15.2 Å². The van der Waals surface area contributed by atoms with E-state index in [9.17, 15) is 9.59 Å². The molecule has 5 nitrogen and oxygen atoms in total. The van der Waals surface area contributed by atoms with Crippen molar-refractivity contribution in [2.45, 2.75) is 25.0 Å². The topological polar surface area (TPSA) is 75.6 Å². The number of halogens is 1. The summed E-state index contributed by atoms with van der Waals surface area (Å²) >= 11 is 5.86. The summed E-state index contributed by atoms with van der Waals surface area (Å²) in [6.07, 6.45) is 4.58. The highest BCUT2D eigenvalue weighted by Gasteiger charge is 2.31. The van der Waals surface area contributed by atoms with Gasteiger partial charge in [-0.05, 0) is 23.8 Å². The number of fused-ring (bicyclic) bond motifs is 1. The minimum Gasteiger partial charge on any atom is -0.480 e. The average Bonchev–Trinajstić information content (AvgIpc) is 2.80. The van der Waals surface area contributed by atoms with E-state index in [1.807, 2.05) is 0 Å². The Bertz CT molecular complexity index is 593. The number of carbonyl (C=O) groups excluding carboxylic acids is 1. The van der Waals surface area contributed by atoms with Gasteiger partial charge >= 0.3 is 5.97 Å². The number of nitrogens with one attached hydrogen (secondary N) is 1. The first-order valence-corrected chi connectivity index (χ1v) is 6.30. The van der Waals surface area contributed by atoms with Crippen molar-refractivity contribution >= 4 is 23.5 Å². The lowest BCUT2D eigenvalue weighted by Gasteiger charge is -2.15. The van der Waals surface area contributed by atoms with Gasteiger partial charge in [-0.2, -0.15) is 0 Å². The van der Waals surface area contributed by atoms with Gasteiger partial charge in [-0.3, -0.25) is 4.79 Å². The summed E-state index contributed by atoms with van der Waals surface area (Å²) in [4.78, 5) is 22.9. The molecule has 0 bridgehead atoms. The van der Waals surface area contributed by atoms with Crippen molar-refractivity contribution in [1.29, 1.82) is 0 Å². The quantitative estimate of drug-likeness (QED) is 0.819. The predicted octanol–water partition coefficient (Wildman–Crippen LogP) is 1.24. The number of terminal acetylenes is 1. The van der Waals surface area contributed by atoms with Gasteiger partial charge in [-0.25, -0.2) is 4.79 Å². The lowest BCUT2D eigenvalue weighted by molar-refractivity contribution is -0.142. The van der Waals surface area contributed by atoms with Gasteiger partial charge in [0.15, 0.2) is 6.10 Å². The first kappa shape index (κ1) is 14.2. The highest BCUT2D eigenvalue weighted by Crippen LogP contribution is 2.31. The number of carboxylic acid groups (broad SMARTS) is 1. The molecule has 20 heavy (non-hydrogen) atoms. The number of ether oxygens (including phenoxy) is 1. The largest absolute Gasteiger partial charge is 0.480 e. The SMILES string of the molecule is C#CCC(NC(=O)C1Cc2cc(Cl)ccc2O1)C(=O)O. The van der Waals surface area contributed by atoms with Crippen LogP contribution in [0, 0.1) is 12.3 Å². The number of hydrogen-bond acceptors (Lipinski definition) is 3. The minimum atomic E-state index is -1.17. The van der Waals surface area contributed by atoms with Gasteiger partial charge in [0.05, 0.1) is 0 Å². The molecule has 2 unspecified atom stereocenters. The number of rotatable bonds is 4. The Morgan fingerprint density at radius 2 is 2.35 bits per heavy atom. The molecule has 0 saturated carbocycles. The molecule has 1 aliphatic rings. The van der Waals surface area contributed by atoms with Crippen molar-refractivity contribution < 1.29 is 19.4 Å². The Labute approximate surface area is 120 Å². The van der Waals surface area contributed by atoms with E-state index in [0.29, 0.717) is 17.2 Å². The molecule has 0 radical (unpaired) electrons. The molecule has 104 valence electrons. The maximum absolute atomic E-state index is 12.0. The van der Waals surface area contributed by atoms with Gasteiger partial charge in [0.25, 0.3) is 5.91 Å². The van der Waals surface area contributed by atoms with Crippen molar-refractivity contribution in [2.24, 2.45) is 0 Å². The Morgan fingerprint density at radius 3 is 3.00 bits per heavy atom. The van der Waals surface area contributed by atoms with Gasteiger partial charge in [0, 0.05) is 17.9 Å². The van der Waals surface area contributed by atoms with Crippen LogP contribution in [0.25, 0.3) is 0 Å². The summed E-state index contributed by atoms with van der Waals surface area (Å²) in [6, 6.07) is 3.96. The minimum absolute atomic E-state index is 0.0768. The number of carboxylic acids is 1. The fraction of sp³-hybridized carbons (Fsp3) is 0.286. The van der Waals surface area contributed by atoms with E-state index in [0.717, 1.165) is 5.56 Å². The van der Waals surface area contributed by atoms with E-state index >= 15 is 0 Å². The van der Waals surface area contributed by atoms with Crippen molar-refractivity contribution in [3.8, 4) is 18.1 Å². The fourth-order valence-corrected chi connectivity index (χ4v) is 2.14. The van der Waals surface area contributed by atoms with Gasteiger partial charge in [0.2, 0.25) is 0 Å². The second-order valence-corrected chi connectivity index (χ2v) is 4.81. The molecule has 1 amide bonds. The predicted molar refractivity (Wildman–Crippen MR) is 72.6 cm³/mol. The molecular formula is C14H12ClNO4. The maximum atomic E-state index is 12.0. The average molecular weight is 294 g/mol. The first-order valence-electron chi connectivity index (χ1n) is 5.93. The van der Waals surface area contributed by atoms with Crippen LogP contribution >= 0.6 is 11.6 Å². The lowest BCUT2D eigenvalue weighted by Crippen LogP contribution is -2.46. The zero-order chi connectivity index (χ0) is 14.7. The highest BCUT2D eigenvalue weighted by atomic mass is 35.5. The van der Waals surface area contributed by atoms with E-state index < -0.39 is 24.0 Å². The van der Waals surface area contributed by atoms with Crippen molar-refractivity contribution in [1.82, 2.24) is 5.32 Å². The number of hydrogen-bond donors (Lipinski definition) is 2. The van der Waals surface area contributed by atoms with Crippen molar-refractivity contribution in [3.63, 3.8) is 0 Å². The molecule has 0 aliphatic carbocycles. The van der Waals surface area contributed by atoms with Gasteiger partial charge in [-0.1, -0.05) is 11.6 Å². The molecule has 1 aliphatic heterocycles. The molecule has 1 heterocycles. The second kappa shape index (κ2) is 5.85. The zero-order valence-corrected chi connectivity index (χ0v) is 11.2. The van der Waals surface area contributed by atoms with Crippen molar-refractivity contribution in [3.05, 3.63) is 28.8 Å². The normalized spacial score (nSPS) is 17.5. The van der Waals surface area contributed by atoms with Crippen LogP contribution in [0.3, 0.4) is 0 Å². The number of benzene rings is 1. The van der Waals surface area contributed by atoms with Crippen LogP contribution < -0.4 is 10.1 Å². The third kappa shape index (κ3) is 3.03. The first-order chi connectivity index (χ1) is 9.51. The molecule has 2 N–H and O–H groups in total. The molecule has 0 aromatic heterocycles. The van der Waals surface area contributed by atoms with Crippen LogP contribution in [0.4, 0.5) is 0 Å². The fourth-order valence-electron chi connectivity index (χ4n) is 1.95. The number of aliphatic carboxylic acids is 1. The molecule has 0 fully saturated rings. The summed E-state index contributed by atoms with van der Waals surface area (Å²) in [6.45, 7) is 0. The van der Waals surface area contributed by atoms with E-state index in [1.54, 1.807) is 18.2 Å². The molecule has 0 saturated heterocycles. The third-order valence-corrected chi connectivity index (χ3v) is 3.16. The maximum Gasteiger partial charge on any atom is 0.327 e. The van der Waals surface area contributed by atoms with E-state index in [-0.39, 0.29) is 6.42 Å². The summed E-state index contributed by atoms with van der Waals surface area (Å²) in [5.74, 6) is 1.13. The van der Waals surface area contributed by atoms with Crippen LogP contribution in [0.1, 0.15) is 12.0 Å². The molecule has 1 aromatic rings. The Kier molecular flexibility index (Phi) is 4.16. The van der Waals surface area contributed by atoms with Gasteiger partial charge in [0.1, 0.15) is 11.8 Å². The summed E-state index contributed by atoms with van der Waals surface area (Å²) in [7, 11) is 0. The smallest absolute Gasteiger partial charge is 0.327 e. The molecular weight excluding hydrogens is 282 g/mol. The molecule has 2 rings (SSSR count). The number of carbonyl (C=O) groups is 2. The van der Waals surface area contributed by atoms with E-state index in [1.165, 1.54) is 0 Å². The Balaban J connectivity index is 2.02. The zero-order valence-electron chi connectivity index (χ0n) is 10.4. The third-order valence-electron chi connectivity index (χ3n) is 2.93. The van der Waals surface area contributed by atoms with Crippen LogP contribution in [0.15, 0.2) is 18.2 Å². The van der Waals surface area contributed by atoms with Crippen LogP contribution in [0.2, 0.25) is 5.02 Å². The monoisotopic (exact) mass is 293 g/mol. The Hall–Kier alpha value is -2.19. The molecule has 1 aromatic carbocycles. The van der Waals surface area contributed by atoms with E-state index in [4.69, 9.17) is 27.9 Å². The molecule has 0 spiro atoms. The van der Waals surface area contributed by atoms with Crippen LogP contribution in [0.5, 0.6) is 5.75 Å². The lowest BCUT2D eigenvalue weighted by atomic mass is 10.1. The van der Waals surface area contributed by atoms with E-state index in [2.05, 4.69) is 11.2 Å². The molecule has 2 atom stereocenters. The summed E-state index contributed by atoms with van der Waals surface area (Å²) in [5.41, 5.74) is 0.821. The second-order valence-electron chi connectivity index (χ2n) is 4.37. The van der Waals surface area contributed by atoms with Crippen LogP contribution in [-0.4, -0.2) is 29.1 Å².